The molecule has 0 saturated carbocycles. The fourth-order valence-electron chi connectivity index (χ4n) is 1.35. The molecule has 0 aliphatic rings. The van der Waals surface area contributed by atoms with Crippen LogP contribution in [0, 0.1) is 11.3 Å². The number of hydrogen-bond donors (Lipinski definition) is 0. The molecule has 88 valence electrons. The van der Waals surface area contributed by atoms with E-state index in [1.54, 1.807) is 12.1 Å². The van der Waals surface area contributed by atoms with Crippen molar-refractivity contribution >= 4 is 32.7 Å². The number of rotatable bonds is 2. The van der Waals surface area contributed by atoms with Gasteiger partial charge in [0.05, 0.1) is 11.6 Å². The Bertz CT molecular complexity index is 727. The highest BCUT2D eigenvalue weighted by Crippen LogP contribution is 2.35. The predicted octanol–water partition coefficient (Wildman–Crippen LogP) is 2.30. The first kappa shape index (κ1) is 11.8. The maximum atomic E-state index is 11.1. The van der Waals surface area contributed by atoms with Crippen molar-refractivity contribution < 1.29 is 17.0 Å². The van der Waals surface area contributed by atoms with Gasteiger partial charge in [-0.05, 0) is 18.2 Å². The van der Waals surface area contributed by atoms with Crippen molar-refractivity contribution in [1.29, 1.82) is 5.26 Å². The molecule has 0 radical (unpaired) electrons. The molecule has 0 atom stereocenters. The fraction of sp³-hybridized carbons (Fsp3) is 0.100. The summed E-state index contributed by atoms with van der Waals surface area (Å²) >= 11 is 5.78. The third-order valence-corrected chi connectivity index (χ3v) is 2.65. The zero-order valence-corrected chi connectivity index (χ0v) is 10.2. The third-order valence-electron chi connectivity index (χ3n) is 1.94. The van der Waals surface area contributed by atoms with Crippen LogP contribution in [0.1, 0.15) is 5.76 Å². The first-order chi connectivity index (χ1) is 7.90. The summed E-state index contributed by atoms with van der Waals surface area (Å²) in [6, 6.07) is 6.31. The molecular weight excluding hydrogens is 266 g/mol. The molecule has 0 N–H and O–H groups in total. The second-order valence-corrected chi connectivity index (χ2v) is 5.31. The Morgan fingerprint density at radius 3 is 2.76 bits per heavy atom. The summed E-state index contributed by atoms with van der Waals surface area (Å²) in [7, 11) is -3.74. The monoisotopic (exact) mass is 271 g/mol. The summed E-state index contributed by atoms with van der Waals surface area (Å²) in [6.07, 6.45) is 0.886. The number of nitriles is 1. The molecule has 0 saturated heterocycles. The lowest BCUT2D eigenvalue weighted by Crippen LogP contribution is -2.06. The van der Waals surface area contributed by atoms with Crippen LogP contribution in [0.15, 0.2) is 22.6 Å². The maximum Gasteiger partial charge on any atom is 0.306 e. The molecule has 0 spiro atoms. The molecular formula is C10H6ClNO4S. The second kappa shape index (κ2) is 3.95. The van der Waals surface area contributed by atoms with Gasteiger partial charge in [-0.2, -0.15) is 13.7 Å². The summed E-state index contributed by atoms with van der Waals surface area (Å²) in [4.78, 5) is 0. The van der Waals surface area contributed by atoms with Gasteiger partial charge in [-0.25, -0.2) is 0 Å². The van der Waals surface area contributed by atoms with Gasteiger partial charge in [0.1, 0.15) is 11.7 Å². The van der Waals surface area contributed by atoms with E-state index >= 15 is 0 Å². The van der Waals surface area contributed by atoms with Gasteiger partial charge in [-0.15, -0.1) is 0 Å². The minimum atomic E-state index is -3.74. The summed E-state index contributed by atoms with van der Waals surface area (Å²) in [6.45, 7) is 0. The molecule has 0 unspecified atom stereocenters. The van der Waals surface area contributed by atoms with E-state index in [0.717, 1.165) is 6.26 Å². The third kappa shape index (κ3) is 2.35. The van der Waals surface area contributed by atoms with Gasteiger partial charge in [0, 0.05) is 5.02 Å². The normalized spacial score (nSPS) is 11.4. The quantitative estimate of drug-likeness (QED) is 0.783. The van der Waals surface area contributed by atoms with Gasteiger partial charge >= 0.3 is 10.1 Å². The maximum absolute atomic E-state index is 11.1. The largest absolute Gasteiger partial charge is 0.442 e. The number of fused-ring (bicyclic) bond motifs is 1. The lowest BCUT2D eigenvalue weighted by atomic mass is 10.2. The van der Waals surface area contributed by atoms with Gasteiger partial charge in [0.2, 0.25) is 11.5 Å². The highest BCUT2D eigenvalue weighted by molar-refractivity contribution is 7.86. The Balaban J connectivity index is 2.74. The number of nitrogens with zero attached hydrogens (tertiary/aromatic N) is 1. The van der Waals surface area contributed by atoms with Gasteiger partial charge in [0.25, 0.3) is 0 Å². The first-order valence-electron chi connectivity index (χ1n) is 4.42. The number of furan rings is 1. The molecule has 5 nitrogen and oxygen atoms in total. The van der Waals surface area contributed by atoms with Crippen LogP contribution in [-0.4, -0.2) is 14.7 Å². The molecule has 1 aromatic heterocycles. The minimum Gasteiger partial charge on any atom is -0.442 e. The number of halogens is 1. The first-order valence-corrected chi connectivity index (χ1v) is 6.62. The molecule has 1 heterocycles. The van der Waals surface area contributed by atoms with Crippen molar-refractivity contribution in [2.75, 3.05) is 6.26 Å². The zero-order chi connectivity index (χ0) is 12.6. The molecule has 17 heavy (non-hydrogen) atoms. The Morgan fingerprint density at radius 2 is 2.18 bits per heavy atom. The van der Waals surface area contributed by atoms with Crippen molar-refractivity contribution in [2.24, 2.45) is 0 Å². The van der Waals surface area contributed by atoms with Crippen molar-refractivity contribution in [3.05, 3.63) is 29.0 Å². The van der Waals surface area contributed by atoms with Gasteiger partial charge in [-0.1, -0.05) is 11.6 Å². The van der Waals surface area contributed by atoms with Gasteiger partial charge < -0.3 is 8.60 Å². The Labute approximate surface area is 102 Å². The van der Waals surface area contributed by atoms with Crippen molar-refractivity contribution in [2.45, 2.75) is 0 Å². The van der Waals surface area contributed by atoms with E-state index in [-0.39, 0.29) is 11.5 Å². The minimum absolute atomic E-state index is 0.132. The molecule has 0 amide bonds. The van der Waals surface area contributed by atoms with E-state index < -0.39 is 10.1 Å². The van der Waals surface area contributed by atoms with E-state index in [2.05, 4.69) is 0 Å². The number of hydrogen-bond acceptors (Lipinski definition) is 5. The van der Waals surface area contributed by atoms with Crippen LogP contribution in [0.4, 0.5) is 0 Å². The highest BCUT2D eigenvalue weighted by Gasteiger charge is 2.19. The van der Waals surface area contributed by atoms with Crippen LogP contribution in [0.25, 0.3) is 11.0 Å². The SMILES string of the molecule is CS(=O)(=O)Oc1c(C#N)oc2ccc(Cl)cc12. The van der Waals surface area contributed by atoms with Crippen LogP contribution in [0.2, 0.25) is 5.02 Å². The Morgan fingerprint density at radius 1 is 1.47 bits per heavy atom. The van der Waals surface area contributed by atoms with Crippen LogP contribution in [-0.2, 0) is 10.1 Å². The van der Waals surface area contributed by atoms with E-state index in [9.17, 15) is 8.42 Å². The van der Waals surface area contributed by atoms with E-state index in [1.807, 2.05) is 0 Å². The standard InChI is InChI=1S/C10H6ClNO4S/c1-17(13,14)16-10-7-4-6(11)2-3-8(7)15-9(10)5-12/h2-4H,1H3. The van der Waals surface area contributed by atoms with Crippen molar-refractivity contribution in [1.82, 2.24) is 0 Å². The summed E-state index contributed by atoms with van der Waals surface area (Å²) in [5.41, 5.74) is 0.338. The van der Waals surface area contributed by atoms with Crippen molar-refractivity contribution in [3.8, 4) is 11.8 Å². The lowest BCUT2D eigenvalue weighted by Gasteiger charge is -1.99. The van der Waals surface area contributed by atoms with Gasteiger partial charge in [0.15, 0.2) is 0 Å². The zero-order valence-electron chi connectivity index (χ0n) is 8.60. The Hall–Kier alpha value is -1.71. The van der Waals surface area contributed by atoms with Crippen molar-refractivity contribution in [3.63, 3.8) is 0 Å². The summed E-state index contributed by atoms with van der Waals surface area (Å²) in [5, 5.41) is 9.57. The van der Waals surface area contributed by atoms with Crippen LogP contribution in [0.5, 0.6) is 5.75 Å². The molecule has 7 heteroatoms. The molecule has 0 aliphatic carbocycles. The average Bonchev–Trinajstić information content (AvgIpc) is 2.54. The highest BCUT2D eigenvalue weighted by atomic mass is 35.5. The van der Waals surface area contributed by atoms with Crippen LogP contribution >= 0.6 is 11.6 Å². The van der Waals surface area contributed by atoms with Crippen LogP contribution in [0.3, 0.4) is 0 Å². The molecule has 0 fully saturated rings. The number of benzene rings is 1. The molecule has 0 aliphatic heterocycles. The van der Waals surface area contributed by atoms with E-state index in [0.29, 0.717) is 16.0 Å². The van der Waals surface area contributed by atoms with Gasteiger partial charge in [-0.3, -0.25) is 0 Å². The lowest BCUT2D eigenvalue weighted by molar-refractivity contribution is 0.483. The van der Waals surface area contributed by atoms with Crippen LogP contribution < -0.4 is 4.18 Å². The molecule has 2 rings (SSSR count). The molecule has 1 aromatic carbocycles. The molecule has 0 bridgehead atoms. The fourth-order valence-corrected chi connectivity index (χ4v) is 2.00. The predicted molar refractivity (Wildman–Crippen MR) is 61.4 cm³/mol. The van der Waals surface area contributed by atoms with E-state index in [1.165, 1.54) is 12.1 Å². The average molecular weight is 272 g/mol. The second-order valence-electron chi connectivity index (χ2n) is 3.30. The smallest absolute Gasteiger partial charge is 0.306 e. The summed E-state index contributed by atoms with van der Waals surface area (Å²) < 4.78 is 32.0. The topological polar surface area (TPSA) is 80.3 Å². The molecule has 2 aromatic rings. The Kier molecular flexibility index (Phi) is 2.73. The summed E-state index contributed by atoms with van der Waals surface area (Å²) in [5.74, 6) is -0.333. The van der Waals surface area contributed by atoms with E-state index in [4.69, 9.17) is 25.5 Å².